The first-order chi connectivity index (χ1) is 16.1. The normalized spacial score (nSPS) is 14.2. The van der Waals surface area contributed by atoms with Crippen molar-refractivity contribution in [2.45, 2.75) is 26.2 Å². The largest absolute Gasteiger partial charge is 0.471 e. The van der Waals surface area contributed by atoms with Crippen molar-refractivity contribution in [3.05, 3.63) is 96.3 Å². The number of ether oxygens (including phenoxy) is 1. The number of fused-ring (bicyclic) bond motifs is 1. The van der Waals surface area contributed by atoms with Crippen molar-refractivity contribution in [3.63, 3.8) is 0 Å². The second-order valence-corrected chi connectivity index (χ2v) is 8.33. The summed E-state index contributed by atoms with van der Waals surface area (Å²) in [6.07, 6.45) is 5.62. The number of rotatable bonds is 10. The summed E-state index contributed by atoms with van der Waals surface area (Å²) >= 11 is 0. The maximum absolute atomic E-state index is 6.25. The van der Waals surface area contributed by atoms with E-state index in [-0.39, 0.29) is 6.73 Å². The molecule has 0 heterocycles. The molecule has 4 rings (SSSR count). The highest BCUT2D eigenvalue weighted by atomic mass is 16.5. The molecule has 5 heteroatoms. The van der Waals surface area contributed by atoms with Gasteiger partial charge in [0.25, 0.3) is 0 Å². The predicted octanol–water partition coefficient (Wildman–Crippen LogP) is 5.60. The lowest BCUT2D eigenvalue weighted by Crippen LogP contribution is -2.26. The summed E-state index contributed by atoms with van der Waals surface area (Å²) in [7, 11) is 0. The highest BCUT2D eigenvalue weighted by molar-refractivity contribution is 6.04. The van der Waals surface area contributed by atoms with Crippen LogP contribution in [-0.4, -0.2) is 19.1 Å². The number of nitrogen functional groups attached to an aromatic ring is 1. The molecule has 4 N–H and O–H groups in total. The smallest absolute Gasteiger partial charge is 0.181 e. The summed E-state index contributed by atoms with van der Waals surface area (Å²) in [5, 5.41) is 9.21. The minimum absolute atomic E-state index is 0.162. The number of amidine groups is 1. The van der Waals surface area contributed by atoms with Gasteiger partial charge in [-0.15, -0.1) is 0 Å². The number of nitrogens with zero attached hydrogens (tertiary/aromatic N) is 1. The molecule has 0 aromatic heterocycles. The number of nitrogens with two attached hydrogens (primary N) is 1. The van der Waals surface area contributed by atoms with E-state index in [1.165, 1.54) is 23.9 Å². The Morgan fingerprint density at radius 2 is 1.85 bits per heavy atom. The molecule has 1 saturated carbocycles. The second-order valence-electron chi connectivity index (χ2n) is 8.33. The van der Waals surface area contributed by atoms with Crippen molar-refractivity contribution < 1.29 is 4.74 Å². The van der Waals surface area contributed by atoms with Gasteiger partial charge in [-0.1, -0.05) is 56.0 Å². The number of allylic oxidation sites excluding steroid dienone is 2. The van der Waals surface area contributed by atoms with E-state index in [2.05, 4.69) is 48.4 Å². The third kappa shape index (κ3) is 6.16. The number of hydrogen-bond acceptors (Lipinski definition) is 4. The van der Waals surface area contributed by atoms with E-state index < -0.39 is 0 Å². The van der Waals surface area contributed by atoms with Crippen molar-refractivity contribution in [3.8, 4) is 5.75 Å². The number of anilines is 1. The molecule has 1 fully saturated rings. The van der Waals surface area contributed by atoms with Crippen molar-refractivity contribution >= 4 is 22.3 Å². The Morgan fingerprint density at radius 1 is 1.09 bits per heavy atom. The molecule has 170 valence electrons. The van der Waals surface area contributed by atoms with Crippen LogP contribution in [0.15, 0.2) is 95.8 Å². The topological polar surface area (TPSA) is 71.7 Å². The van der Waals surface area contributed by atoms with E-state index in [0.29, 0.717) is 17.4 Å². The zero-order valence-corrected chi connectivity index (χ0v) is 19.2. The van der Waals surface area contributed by atoms with Crippen molar-refractivity contribution in [2.75, 3.05) is 19.0 Å². The Hall–Kier alpha value is -3.73. The van der Waals surface area contributed by atoms with Crippen molar-refractivity contribution in [2.24, 2.45) is 10.9 Å². The van der Waals surface area contributed by atoms with Gasteiger partial charge in [-0.05, 0) is 66.3 Å². The number of aliphatic imine (C=N–C) groups is 1. The number of benzene rings is 3. The fourth-order valence-corrected chi connectivity index (χ4v) is 3.69. The van der Waals surface area contributed by atoms with E-state index in [4.69, 9.17) is 15.5 Å². The molecule has 3 aromatic rings. The minimum atomic E-state index is 0.162. The Bertz CT molecular complexity index is 1180. The van der Waals surface area contributed by atoms with E-state index in [0.717, 1.165) is 35.4 Å². The average Bonchev–Trinajstić information content (AvgIpc) is 3.67. The molecule has 1 aliphatic carbocycles. The number of para-hydroxylation sites is 1. The molecular weight excluding hydrogens is 408 g/mol. The molecule has 0 unspecified atom stereocenters. The van der Waals surface area contributed by atoms with Gasteiger partial charge in [0.05, 0.1) is 0 Å². The molecule has 0 amide bonds. The van der Waals surface area contributed by atoms with Crippen LogP contribution in [0.5, 0.6) is 5.75 Å². The van der Waals surface area contributed by atoms with Gasteiger partial charge in [0, 0.05) is 29.2 Å². The lowest BCUT2D eigenvalue weighted by molar-refractivity contribution is 0.331. The summed E-state index contributed by atoms with van der Waals surface area (Å²) in [5.74, 6) is 2.02. The maximum Gasteiger partial charge on any atom is 0.181 e. The van der Waals surface area contributed by atoms with Gasteiger partial charge in [0.1, 0.15) is 11.6 Å². The van der Waals surface area contributed by atoms with Crippen LogP contribution in [-0.2, 0) is 0 Å². The second kappa shape index (κ2) is 10.7. The minimum Gasteiger partial charge on any atom is -0.471 e. The monoisotopic (exact) mass is 440 g/mol. The third-order valence-corrected chi connectivity index (χ3v) is 5.60. The summed E-state index contributed by atoms with van der Waals surface area (Å²) in [6.45, 7) is 7.51. The molecule has 0 spiro atoms. The van der Waals surface area contributed by atoms with Gasteiger partial charge in [0.2, 0.25) is 0 Å². The first-order valence-corrected chi connectivity index (χ1v) is 11.6. The molecule has 1 aliphatic rings. The van der Waals surface area contributed by atoms with Crippen LogP contribution in [0.2, 0.25) is 0 Å². The van der Waals surface area contributed by atoms with Crippen molar-refractivity contribution in [1.29, 1.82) is 0 Å². The van der Waals surface area contributed by atoms with Crippen molar-refractivity contribution in [1.82, 2.24) is 10.6 Å². The van der Waals surface area contributed by atoms with E-state index in [9.17, 15) is 0 Å². The quantitative estimate of drug-likeness (QED) is 0.166. The van der Waals surface area contributed by atoms with E-state index in [1.54, 1.807) is 0 Å². The van der Waals surface area contributed by atoms with E-state index in [1.807, 2.05) is 48.5 Å². The average molecular weight is 441 g/mol. The molecule has 3 aromatic carbocycles. The van der Waals surface area contributed by atoms with Crippen LogP contribution in [0.1, 0.15) is 31.7 Å². The third-order valence-electron chi connectivity index (χ3n) is 5.60. The Balaban J connectivity index is 1.51. The van der Waals surface area contributed by atoms with Gasteiger partial charge >= 0.3 is 0 Å². The van der Waals surface area contributed by atoms with Crippen LogP contribution < -0.4 is 21.1 Å². The molecule has 33 heavy (non-hydrogen) atoms. The Labute approximate surface area is 196 Å². The highest BCUT2D eigenvalue weighted by Gasteiger charge is 2.25. The van der Waals surface area contributed by atoms with Crippen LogP contribution in [0.3, 0.4) is 0 Å². The van der Waals surface area contributed by atoms with Crippen LogP contribution in [0.25, 0.3) is 10.8 Å². The summed E-state index contributed by atoms with van der Waals surface area (Å²) in [5.41, 5.74) is 9.73. The van der Waals surface area contributed by atoms with Crippen LogP contribution in [0, 0.1) is 5.92 Å². The molecule has 0 bridgehead atoms. The summed E-state index contributed by atoms with van der Waals surface area (Å²) in [6, 6.07) is 21.9. The number of nitrogens with one attached hydrogen (secondary N) is 2. The zero-order valence-electron chi connectivity index (χ0n) is 19.2. The van der Waals surface area contributed by atoms with Gasteiger partial charge < -0.3 is 21.1 Å². The Morgan fingerprint density at radius 3 is 2.61 bits per heavy atom. The summed E-state index contributed by atoms with van der Waals surface area (Å²) in [4.78, 5) is 4.69. The van der Waals surface area contributed by atoms with Crippen LogP contribution in [0.4, 0.5) is 5.69 Å². The van der Waals surface area contributed by atoms with Gasteiger partial charge in [-0.3, -0.25) is 0 Å². The SMILES string of the molecule is C=C(/C=C(\NCCC)C1CC1)N/C(=N/COc1ccc2ccccc2c1)c1ccccc1N. The fraction of sp³-hybridized carbons (Fsp3) is 0.250. The number of hydrogen-bond donors (Lipinski definition) is 3. The van der Waals surface area contributed by atoms with Gasteiger partial charge in [-0.2, -0.15) is 0 Å². The zero-order chi connectivity index (χ0) is 23.0. The lowest BCUT2D eigenvalue weighted by atomic mass is 10.1. The summed E-state index contributed by atoms with van der Waals surface area (Å²) < 4.78 is 5.94. The Kier molecular flexibility index (Phi) is 7.30. The maximum atomic E-state index is 6.25. The molecule has 0 radical (unpaired) electrons. The highest BCUT2D eigenvalue weighted by Crippen LogP contribution is 2.35. The lowest BCUT2D eigenvalue weighted by Gasteiger charge is -2.15. The molecule has 5 nitrogen and oxygen atoms in total. The molecule has 0 atom stereocenters. The molecule has 0 aliphatic heterocycles. The van der Waals surface area contributed by atoms with Gasteiger partial charge in [0.15, 0.2) is 6.73 Å². The van der Waals surface area contributed by atoms with Gasteiger partial charge in [-0.25, -0.2) is 4.99 Å². The first kappa shape index (κ1) is 22.5. The molecule has 0 saturated heterocycles. The standard InChI is InChI=1S/C28H32N4O/c1-3-16-30-27(22-12-13-22)17-20(2)32-28(25-10-6-7-11-26(25)29)31-19-33-24-15-14-21-8-4-5-9-23(21)18-24/h4-11,14-15,17-18,22,30H,2-3,12-13,16,19,29H2,1H3,(H,31,32)/b27-17-. The molecular formula is C28H32N4O. The fourth-order valence-electron chi connectivity index (χ4n) is 3.69. The van der Waals surface area contributed by atoms with E-state index >= 15 is 0 Å². The van der Waals surface area contributed by atoms with Crippen LogP contribution >= 0.6 is 0 Å². The predicted molar refractivity (Wildman–Crippen MR) is 138 cm³/mol. The first-order valence-electron chi connectivity index (χ1n) is 11.6.